The summed E-state index contributed by atoms with van der Waals surface area (Å²) in [6.07, 6.45) is 1.28. The highest BCUT2D eigenvalue weighted by Crippen LogP contribution is 2.20. The summed E-state index contributed by atoms with van der Waals surface area (Å²) in [5.74, 6) is 0.646. The van der Waals surface area contributed by atoms with Gasteiger partial charge in [0.05, 0.1) is 0 Å². The topological polar surface area (TPSA) is 29.1 Å². The summed E-state index contributed by atoms with van der Waals surface area (Å²) in [7, 11) is 0. The van der Waals surface area contributed by atoms with Gasteiger partial charge in [-0.3, -0.25) is 4.79 Å². The molecule has 0 radical (unpaired) electrons. The van der Waals surface area contributed by atoms with Gasteiger partial charge < -0.3 is 5.32 Å². The summed E-state index contributed by atoms with van der Waals surface area (Å²) in [6.45, 7) is 0.634. The van der Waals surface area contributed by atoms with Crippen LogP contribution in [-0.2, 0) is 11.2 Å². The van der Waals surface area contributed by atoms with Crippen molar-refractivity contribution in [3.05, 3.63) is 71.8 Å². The van der Waals surface area contributed by atoms with Crippen LogP contribution in [0.15, 0.2) is 60.7 Å². The van der Waals surface area contributed by atoms with E-state index in [0.29, 0.717) is 18.8 Å². The summed E-state index contributed by atoms with van der Waals surface area (Å²) in [6, 6.07) is 20.7. The van der Waals surface area contributed by atoms with Crippen molar-refractivity contribution in [2.24, 2.45) is 0 Å². The average molecular weight is 302 g/mol. The predicted molar refractivity (Wildman–Crippen MR) is 87.7 cm³/mol. The van der Waals surface area contributed by atoms with E-state index in [9.17, 15) is 4.79 Å². The Morgan fingerprint density at radius 2 is 1.62 bits per heavy atom. The molecule has 0 aliphatic carbocycles. The molecule has 110 valence electrons. The Labute approximate surface area is 131 Å². The Balaban J connectivity index is 2.06. The molecule has 0 aromatic heterocycles. The number of alkyl halides is 1. The second-order valence-corrected chi connectivity index (χ2v) is 5.42. The van der Waals surface area contributed by atoms with Gasteiger partial charge in [-0.2, -0.15) is 0 Å². The SMILES string of the molecule is O=C(CCCl)NC[C@H](Cc1ccccc1)c1ccccc1. The zero-order chi connectivity index (χ0) is 14.9. The number of carbonyl (C=O) groups is 1. The number of benzene rings is 2. The van der Waals surface area contributed by atoms with Crippen molar-refractivity contribution < 1.29 is 4.79 Å². The lowest BCUT2D eigenvalue weighted by Gasteiger charge is -2.18. The van der Waals surface area contributed by atoms with Crippen molar-refractivity contribution in [3.63, 3.8) is 0 Å². The second-order valence-electron chi connectivity index (χ2n) is 5.04. The van der Waals surface area contributed by atoms with Crippen molar-refractivity contribution in [1.29, 1.82) is 0 Å². The first-order valence-corrected chi connectivity index (χ1v) is 7.74. The van der Waals surface area contributed by atoms with Gasteiger partial charge in [-0.25, -0.2) is 0 Å². The summed E-state index contributed by atoms with van der Waals surface area (Å²) >= 11 is 5.60. The van der Waals surface area contributed by atoms with E-state index in [0.717, 1.165) is 6.42 Å². The van der Waals surface area contributed by atoms with Gasteiger partial charge in [0.2, 0.25) is 5.91 Å². The fraction of sp³-hybridized carbons (Fsp3) is 0.278. The normalized spacial score (nSPS) is 11.9. The van der Waals surface area contributed by atoms with Crippen LogP contribution in [0.3, 0.4) is 0 Å². The van der Waals surface area contributed by atoms with Crippen molar-refractivity contribution in [2.45, 2.75) is 18.8 Å². The number of rotatable bonds is 7. The third-order valence-electron chi connectivity index (χ3n) is 3.46. The van der Waals surface area contributed by atoms with E-state index in [-0.39, 0.29) is 11.8 Å². The number of hydrogen-bond donors (Lipinski definition) is 1. The highest BCUT2D eigenvalue weighted by molar-refractivity contribution is 6.18. The largest absolute Gasteiger partial charge is 0.355 e. The molecule has 0 saturated heterocycles. The van der Waals surface area contributed by atoms with Crippen LogP contribution in [0, 0.1) is 0 Å². The van der Waals surface area contributed by atoms with Crippen LogP contribution < -0.4 is 5.32 Å². The maximum Gasteiger partial charge on any atom is 0.221 e. The average Bonchev–Trinajstić information content (AvgIpc) is 2.53. The van der Waals surface area contributed by atoms with Gasteiger partial charge in [0.1, 0.15) is 0 Å². The third kappa shape index (κ3) is 5.24. The zero-order valence-electron chi connectivity index (χ0n) is 12.0. The summed E-state index contributed by atoms with van der Waals surface area (Å²) in [5.41, 5.74) is 2.52. The Hall–Kier alpha value is -1.80. The fourth-order valence-corrected chi connectivity index (χ4v) is 2.51. The molecule has 0 unspecified atom stereocenters. The first-order valence-electron chi connectivity index (χ1n) is 7.21. The Kier molecular flexibility index (Phi) is 6.29. The van der Waals surface area contributed by atoms with E-state index in [1.165, 1.54) is 11.1 Å². The van der Waals surface area contributed by atoms with E-state index in [2.05, 4.69) is 29.6 Å². The van der Waals surface area contributed by atoms with E-state index < -0.39 is 0 Å². The molecule has 0 aliphatic rings. The molecule has 1 atom stereocenters. The van der Waals surface area contributed by atoms with E-state index >= 15 is 0 Å². The third-order valence-corrected chi connectivity index (χ3v) is 3.65. The maximum absolute atomic E-state index is 11.6. The summed E-state index contributed by atoms with van der Waals surface area (Å²) < 4.78 is 0. The van der Waals surface area contributed by atoms with Crippen LogP contribution in [0.5, 0.6) is 0 Å². The number of amides is 1. The van der Waals surface area contributed by atoms with Gasteiger partial charge in [-0.05, 0) is 17.5 Å². The molecular formula is C18H20ClNO. The number of hydrogen-bond acceptors (Lipinski definition) is 1. The molecular weight excluding hydrogens is 282 g/mol. The minimum Gasteiger partial charge on any atom is -0.355 e. The highest BCUT2D eigenvalue weighted by Gasteiger charge is 2.13. The van der Waals surface area contributed by atoms with Gasteiger partial charge in [-0.15, -0.1) is 11.6 Å². The molecule has 1 N–H and O–H groups in total. The molecule has 0 fully saturated rings. The number of nitrogens with one attached hydrogen (secondary N) is 1. The van der Waals surface area contributed by atoms with Crippen molar-refractivity contribution in [2.75, 3.05) is 12.4 Å². The number of carbonyl (C=O) groups excluding carboxylic acids is 1. The fourth-order valence-electron chi connectivity index (χ4n) is 2.34. The standard InChI is InChI=1S/C18H20ClNO/c19-12-11-18(21)20-14-17(16-9-5-2-6-10-16)13-15-7-3-1-4-8-15/h1-10,17H,11-14H2,(H,20,21)/t17-/m0/s1. The molecule has 0 bridgehead atoms. The van der Waals surface area contributed by atoms with Crippen LogP contribution >= 0.6 is 11.6 Å². The lowest BCUT2D eigenvalue weighted by atomic mass is 9.92. The van der Waals surface area contributed by atoms with Gasteiger partial charge in [0, 0.05) is 24.8 Å². The van der Waals surface area contributed by atoms with Gasteiger partial charge in [0.25, 0.3) is 0 Å². The summed E-state index contributed by atoms with van der Waals surface area (Å²) in [4.78, 5) is 11.6. The maximum atomic E-state index is 11.6. The van der Waals surface area contributed by atoms with E-state index in [1.54, 1.807) is 0 Å². The van der Waals surface area contributed by atoms with Crippen molar-refractivity contribution in [3.8, 4) is 0 Å². The monoisotopic (exact) mass is 301 g/mol. The smallest absolute Gasteiger partial charge is 0.221 e. The Bertz CT molecular complexity index is 542. The van der Waals surface area contributed by atoms with Crippen LogP contribution in [0.2, 0.25) is 0 Å². The molecule has 0 spiro atoms. The van der Waals surface area contributed by atoms with Crippen LogP contribution in [0.1, 0.15) is 23.5 Å². The minimum atomic E-state index is 0.0130. The summed E-state index contributed by atoms with van der Waals surface area (Å²) in [5, 5.41) is 2.98. The quantitative estimate of drug-likeness (QED) is 0.775. The lowest BCUT2D eigenvalue weighted by molar-refractivity contribution is -0.120. The van der Waals surface area contributed by atoms with E-state index in [1.807, 2.05) is 36.4 Å². The highest BCUT2D eigenvalue weighted by atomic mass is 35.5. The molecule has 2 aromatic carbocycles. The predicted octanol–water partition coefficient (Wildman–Crippen LogP) is 3.76. The lowest BCUT2D eigenvalue weighted by Crippen LogP contribution is -2.29. The number of halogens is 1. The molecule has 1 amide bonds. The first-order chi connectivity index (χ1) is 10.3. The van der Waals surface area contributed by atoms with Crippen LogP contribution in [0.25, 0.3) is 0 Å². The Morgan fingerprint density at radius 3 is 2.24 bits per heavy atom. The molecule has 3 heteroatoms. The van der Waals surface area contributed by atoms with Gasteiger partial charge in [0.15, 0.2) is 0 Å². The molecule has 0 aliphatic heterocycles. The van der Waals surface area contributed by atoms with Crippen LogP contribution in [-0.4, -0.2) is 18.3 Å². The van der Waals surface area contributed by atoms with Crippen molar-refractivity contribution >= 4 is 17.5 Å². The zero-order valence-corrected chi connectivity index (χ0v) is 12.7. The van der Waals surface area contributed by atoms with Crippen LogP contribution in [0.4, 0.5) is 0 Å². The molecule has 0 saturated carbocycles. The molecule has 2 rings (SSSR count). The van der Waals surface area contributed by atoms with E-state index in [4.69, 9.17) is 11.6 Å². The molecule has 21 heavy (non-hydrogen) atoms. The second kappa shape index (κ2) is 8.48. The molecule has 0 heterocycles. The van der Waals surface area contributed by atoms with Gasteiger partial charge >= 0.3 is 0 Å². The molecule has 2 nitrogen and oxygen atoms in total. The van der Waals surface area contributed by atoms with Gasteiger partial charge in [-0.1, -0.05) is 60.7 Å². The Morgan fingerprint density at radius 1 is 1.00 bits per heavy atom. The first kappa shape index (κ1) is 15.6. The molecule has 2 aromatic rings. The minimum absolute atomic E-state index is 0.0130. The van der Waals surface area contributed by atoms with Crippen molar-refractivity contribution in [1.82, 2.24) is 5.32 Å².